The molecule has 1 heterocycles. The Kier molecular flexibility index (Phi) is 8.47. The quantitative estimate of drug-likeness (QED) is 0.513. The molecule has 0 radical (unpaired) electrons. The highest BCUT2D eigenvalue weighted by Crippen LogP contribution is 2.35. The largest absolute Gasteiger partial charge is 0.497 e. The number of methoxy groups -OCH3 is 3. The molecule has 30 heavy (non-hydrogen) atoms. The van der Waals surface area contributed by atoms with Gasteiger partial charge in [-0.15, -0.1) is 0 Å². The van der Waals surface area contributed by atoms with Crippen LogP contribution >= 0.6 is 0 Å². The van der Waals surface area contributed by atoms with Crippen molar-refractivity contribution in [3.8, 4) is 17.2 Å². The van der Waals surface area contributed by atoms with Crippen LogP contribution < -0.4 is 14.2 Å². The van der Waals surface area contributed by atoms with E-state index >= 15 is 0 Å². The fraction of sp³-hybridized carbons (Fsp3) is 0.333. The van der Waals surface area contributed by atoms with Crippen LogP contribution in [0.4, 0.5) is 0 Å². The molecule has 0 spiro atoms. The highest BCUT2D eigenvalue weighted by molar-refractivity contribution is 5.91. The minimum Gasteiger partial charge on any atom is -0.497 e. The number of hydrogen-bond acceptors (Lipinski definition) is 6. The molecule has 3 rings (SSSR count). The molecule has 0 saturated carbocycles. The summed E-state index contributed by atoms with van der Waals surface area (Å²) in [4.78, 5) is 15.9. The van der Waals surface area contributed by atoms with Crippen LogP contribution in [-0.4, -0.2) is 32.3 Å². The Balaban J connectivity index is 0.00000155. The third kappa shape index (κ3) is 5.41. The summed E-state index contributed by atoms with van der Waals surface area (Å²) in [5.41, 5.74) is 2.77. The molecule has 1 aromatic heterocycles. The van der Waals surface area contributed by atoms with Gasteiger partial charge in [0.2, 0.25) is 0 Å². The molecule has 0 aliphatic heterocycles. The van der Waals surface area contributed by atoms with Gasteiger partial charge >= 0.3 is 5.97 Å². The van der Waals surface area contributed by atoms with Crippen molar-refractivity contribution in [3.05, 3.63) is 59.4 Å². The van der Waals surface area contributed by atoms with E-state index in [0.29, 0.717) is 17.9 Å². The first-order chi connectivity index (χ1) is 14.5. The van der Waals surface area contributed by atoms with Crippen LogP contribution in [0.2, 0.25) is 0 Å². The molecule has 0 aliphatic carbocycles. The topological polar surface area (TPSA) is 66.9 Å². The van der Waals surface area contributed by atoms with Gasteiger partial charge in [-0.2, -0.15) is 0 Å². The van der Waals surface area contributed by atoms with Gasteiger partial charge < -0.3 is 18.9 Å². The Morgan fingerprint density at radius 1 is 0.933 bits per heavy atom. The Hall–Kier alpha value is -3.28. The van der Waals surface area contributed by atoms with E-state index in [9.17, 15) is 4.79 Å². The highest BCUT2D eigenvalue weighted by atomic mass is 16.5. The third-order valence-corrected chi connectivity index (χ3v) is 4.49. The van der Waals surface area contributed by atoms with Gasteiger partial charge in [0.05, 0.1) is 27.0 Å². The fourth-order valence-corrected chi connectivity index (χ4v) is 3.09. The van der Waals surface area contributed by atoms with Crippen molar-refractivity contribution in [2.24, 2.45) is 0 Å². The Bertz CT molecular complexity index is 1000. The minimum atomic E-state index is -0.339. The zero-order chi connectivity index (χ0) is 22.1. The maximum Gasteiger partial charge on any atom is 0.302 e. The maximum absolute atomic E-state index is 11.2. The zero-order valence-electron chi connectivity index (χ0n) is 18.4. The third-order valence-electron chi connectivity index (χ3n) is 4.49. The first-order valence-corrected chi connectivity index (χ1v) is 9.84. The molecule has 0 amide bonds. The van der Waals surface area contributed by atoms with Crippen LogP contribution in [0.15, 0.2) is 42.6 Å². The van der Waals surface area contributed by atoms with E-state index in [0.717, 1.165) is 33.3 Å². The fourth-order valence-electron chi connectivity index (χ4n) is 3.09. The van der Waals surface area contributed by atoms with Crippen molar-refractivity contribution in [1.29, 1.82) is 0 Å². The standard InChI is InChI=1S/C22H23NO5.C2H6/c1-14(24)28-13-16-12-23-20(9-15-6-5-7-17(8-15)25-2)19-11-22(27-4)21(26-3)10-18(16)19;1-2/h5-8,10-12H,9,13H2,1-4H3;1-2H3. The van der Waals surface area contributed by atoms with Crippen LogP contribution in [0.3, 0.4) is 0 Å². The number of benzene rings is 2. The number of carbonyl (C=O) groups is 1. The second-order valence-corrected chi connectivity index (χ2v) is 6.29. The van der Waals surface area contributed by atoms with Crippen molar-refractivity contribution in [3.63, 3.8) is 0 Å². The molecule has 6 heteroatoms. The van der Waals surface area contributed by atoms with Crippen LogP contribution in [0.25, 0.3) is 10.8 Å². The molecule has 6 nitrogen and oxygen atoms in total. The van der Waals surface area contributed by atoms with E-state index in [-0.39, 0.29) is 12.6 Å². The normalized spacial score (nSPS) is 10.1. The van der Waals surface area contributed by atoms with Crippen molar-refractivity contribution in [1.82, 2.24) is 4.98 Å². The number of esters is 1. The number of nitrogens with zero attached hydrogens (tertiary/aromatic N) is 1. The summed E-state index contributed by atoms with van der Waals surface area (Å²) in [7, 11) is 4.84. The number of rotatable bonds is 7. The van der Waals surface area contributed by atoms with E-state index in [1.165, 1.54) is 6.92 Å². The Labute approximate surface area is 177 Å². The van der Waals surface area contributed by atoms with E-state index in [1.807, 2.05) is 50.2 Å². The van der Waals surface area contributed by atoms with Crippen molar-refractivity contribution >= 4 is 16.7 Å². The Morgan fingerprint density at radius 2 is 1.60 bits per heavy atom. The summed E-state index contributed by atoms with van der Waals surface area (Å²) in [5.74, 6) is 1.69. The molecular formula is C24H29NO5. The molecule has 2 aromatic carbocycles. The average molecular weight is 411 g/mol. The maximum atomic E-state index is 11.2. The molecule has 0 bridgehead atoms. The summed E-state index contributed by atoms with van der Waals surface area (Å²) < 4.78 is 21.4. The van der Waals surface area contributed by atoms with Crippen molar-refractivity contribution in [2.45, 2.75) is 33.8 Å². The predicted molar refractivity (Wildman–Crippen MR) is 117 cm³/mol. The summed E-state index contributed by atoms with van der Waals surface area (Å²) in [6.07, 6.45) is 2.36. The summed E-state index contributed by atoms with van der Waals surface area (Å²) in [6, 6.07) is 11.7. The summed E-state index contributed by atoms with van der Waals surface area (Å²) in [6.45, 7) is 5.53. The lowest BCUT2D eigenvalue weighted by atomic mass is 10.00. The SMILES string of the molecule is CC.COc1cccc(Cc2ncc(COC(C)=O)c3cc(OC)c(OC)cc23)c1. The number of hydrogen-bond donors (Lipinski definition) is 0. The van der Waals surface area contributed by atoms with Gasteiger partial charge in [0.25, 0.3) is 0 Å². The zero-order valence-corrected chi connectivity index (χ0v) is 18.4. The van der Waals surface area contributed by atoms with Gasteiger partial charge in [0.1, 0.15) is 12.4 Å². The van der Waals surface area contributed by atoms with Gasteiger partial charge in [-0.1, -0.05) is 26.0 Å². The second kappa shape index (κ2) is 11.0. The van der Waals surface area contributed by atoms with Crippen LogP contribution in [0, 0.1) is 0 Å². The molecule has 0 fully saturated rings. The van der Waals surface area contributed by atoms with Gasteiger partial charge in [0, 0.05) is 30.5 Å². The highest BCUT2D eigenvalue weighted by Gasteiger charge is 2.15. The molecule has 0 aliphatic rings. The van der Waals surface area contributed by atoms with Crippen molar-refractivity contribution in [2.75, 3.05) is 21.3 Å². The lowest BCUT2D eigenvalue weighted by Crippen LogP contribution is -2.03. The number of carbonyl (C=O) groups excluding carboxylic acids is 1. The van der Waals surface area contributed by atoms with Gasteiger partial charge in [-0.25, -0.2) is 0 Å². The van der Waals surface area contributed by atoms with Gasteiger partial charge in [-0.05, 0) is 35.2 Å². The average Bonchev–Trinajstić information content (AvgIpc) is 2.78. The van der Waals surface area contributed by atoms with E-state index in [1.54, 1.807) is 27.5 Å². The molecule has 0 unspecified atom stereocenters. The Morgan fingerprint density at radius 3 is 2.20 bits per heavy atom. The first kappa shape index (κ1) is 23.0. The summed E-state index contributed by atoms with van der Waals surface area (Å²) >= 11 is 0. The van der Waals surface area contributed by atoms with E-state index in [4.69, 9.17) is 18.9 Å². The molecule has 0 atom stereocenters. The van der Waals surface area contributed by atoms with Crippen LogP contribution in [0.5, 0.6) is 17.2 Å². The summed E-state index contributed by atoms with van der Waals surface area (Å²) in [5, 5.41) is 1.83. The predicted octanol–water partition coefficient (Wildman–Crippen LogP) is 4.94. The number of ether oxygens (including phenoxy) is 4. The lowest BCUT2D eigenvalue weighted by Gasteiger charge is -2.15. The van der Waals surface area contributed by atoms with Gasteiger partial charge in [-0.3, -0.25) is 9.78 Å². The van der Waals surface area contributed by atoms with Crippen LogP contribution in [0.1, 0.15) is 37.6 Å². The van der Waals surface area contributed by atoms with Crippen molar-refractivity contribution < 1.29 is 23.7 Å². The number of pyridine rings is 1. The van der Waals surface area contributed by atoms with E-state index < -0.39 is 0 Å². The second-order valence-electron chi connectivity index (χ2n) is 6.29. The smallest absolute Gasteiger partial charge is 0.302 e. The number of aromatic nitrogens is 1. The molecule has 3 aromatic rings. The monoisotopic (exact) mass is 411 g/mol. The first-order valence-electron chi connectivity index (χ1n) is 9.84. The van der Waals surface area contributed by atoms with Crippen LogP contribution in [-0.2, 0) is 22.6 Å². The molecule has 0 saturated heterocycles. The molecule has 0 N–H and O–H groups in total. The lowest BCUT2D eigenvalue weighted by molar-refractivity contribution is -0.142. The molecule has 160 valence electrons. The number of fused-ring (bicyclic) bond motifs is 1. The van der Waals surface area contributed by atoms with Gasteiger partial charge in [0.15, 0.2) is 11.5 Å². The van der Waals surface area contributed by atoms with E-state index in [2.05, 4.69) is 4.98 Å². The minimum absolute atomic E-state index is 0.147. The molecular weight excluding hydrogens is 382 g/mol.